The van der Waals surface area contributed by atoms with Crippen molar-refractivity contribution in [1.29, 1.82) is 0 Å². The summed E-state index contributed by atoms with van der Waals surface area (Å²) in [4.78, 5) is 11.4. The molecule has 0 aliphatic rings. The highest BCUT2D eigenvalue weighted by Crippen LogP contribution is 2.14. The van der Waals surface area contributed by atoms with E-state index >= 15 is 0 Å². The van der Waals surface area contributed by atoms with Gasteiger partial charge in [-0.15, -0.1) is 0 Å². The number of esters is 1. The van der Waals surface area contributed by atoms with Gasteiger partial charge in [0.1, 0.15) is 0 Å². The Morgan fingerprint density at radius 3 is 2.38 bits per heavy atom. The number of ether oxygens (including phenoxy) is 2. The first-order chi connectivity index (χ1) is 7.69. The van der Waals surface area contributed by atoms with Gasteiger partial charge in [0.15, 0.2) is 0 Å². The van der Waals surface area contributed by atoms with E-state index in [4.69, 9.17) is 9.47 Å². The molecule has 0 aliphatic carbocycles. The molecule has 0 saturated heterocycles. The van der Waals surface area contributed by atoms with E-state index in [0.717, 1.165) is 5.56 Å². The number of hydrogen-bond donors (Lipinski definition) is 0. The number of carbonyl (C=O) groups is 1. The smallest absolute Gasteiger partial charge is 0.311 e. The van der Waals surface area contributed by atoms with E-state index in [2.05, 4.69) is 0 Å². The van der Waals surface area contributed by atoms with Crippen LogP contribution < -0.4 is 0 Å². The van der Waals surface area contributed by atoms with Gasteiger partial charge in [-0.1, -0.05) is 30.3 Å². The zero-order valence-electron chi connectivity index (χ0n) is 9.97. The van der Waals surface area contributed by atoms with Crippen LogP contribution in [0.1, 0.15) is 12.5 Å². The molecule has 0 heterocycles. The van der Waals surface area contributed by atoms with E-state index in [1.165, 1.54) is 7.11 Å². The van der Waals surface area contributed by atoms with E-state index in [0.29, 0.717) is 6.42 Å². The first-order valence-electron chi connectivity index (χ1n) is 5.33. The topological polar surface area (TPSA) is 35.5 Å². The van der Waals surface area contributed by atoms with Gasteiger partial charge in [-0.2, -0.15) is 0 Å². The van der Waals surface area contributed by atoms with Crippen LogP contribution in [0.2, 0.25) is 0 Å². The third-order valence-corrected chi connectivity index (χ3v) is 2.71. The third kappa shape index (κ3) is 3.35. The van der Waals surface area contributed by atoms with E-state index in [9.17, 15) is 4.79 Å². The first kappa shape index (κ1) is 12.7. The molecule has 0 radical (unpaired) electrons. The Hall–Kier alpha value is -1.35. The van der Waals surface area contributed by atoms with Crippen molar-refractivity contribution in [2.75, 3.05) is 14.2 Å². The minimum absolute atomic E-state index is 0.144. The van der Waals surface area contributed by atoms with Gasteiger partial charge in [0.05, 0.1) is 19.1 Å². The summed E-state index contributed by atoms with van der Waals surface area (Å²) in [7, 11) is 3.01. The highest BCUT2D eigenvalue weighted by molar-refractivity contribution is 5.72. The van der Waals surface area contributed by atoms with Gasteiger partial charge in [0.2, 0.25) is 0 Å². The zero-order chi connectivity index (χ0) is 12.0. The minimum Gasteiger partial charge on any atom is -0.469 e. The second kappa shape index (κ2) is 6.28. The molecule has 3 nitrogen and oxygen atoms in total. The van der Waals surface area contributed by atoms with Crippen LogP contribution in [0.25, 0.3) is 0 Å². The number of benzene rings is 1. The minimum atomic E-state index is -0.254. The molecule has 0 bridgehead atoms. The van der Waals surface area contributed by atoms with Crippen LogP contribution in [0.5, 0.6) is 0 Å². The molecule has 0 N–H and O–H groups in total. The van der Waals surface area contributed by atoms with E-state index in [-0.39, 0.29) is 18.0 Å². The Labute approximate surface area is 96.4 Å². The molecule has 1 aromatic carbocycles. The number of hydrogen-bond acceptors (Lipinski definition) is 3. The Balaban J connectivity index is 2.65. The van der Waals surface area contributed by atoms with Gasteiger partial charge in [0, 0.05) is 7.11 Å². The Kier molecular flexibility index (Phi) is 4.99. The molecule has 0 amide bonds. The van der Waals surface area contributed by atoms with Gasteiger partial charge in [-0.05, 0) is 18.9 Å². The first-order valence-corrected chi connectivity index (χ1v) is 5.33. The number of rotatable bonds is 5. The number of carbonyl (C=O) groups excluding carboxylic acids is 1. The van der Waals surface area contributed by atoms with Gasteiger partial charge in [-0.25, -0.2) is 0 Å². The van der Waals surface area contributed by atoms with Crippen LogP contribution >= 0.6 is 0 Å². The molecular formula is C13H18O3. The molecule has 3 heteroatoms. The molecule has 0 unspecified atom stereocenters. The fourth-order valence-corrected chi connectivity index (χ4v) is 1.65. The van der Waals surface area contributed by atoms with Crippen molar-refractivity contribution < 1.29 is 14.3 Å². The predicted octanol–water partition coefficient (Wildman–Crippen LogP) is 2.05. The van der Waals surface area contributed by atoms with Gasteiger partial charge < -0.3 is 9.47 Å². The second-order valence-corrected chi connectivity index (χ2v) is 3.78. The Bertz CT molecular complexity index is 321. The molecule has 16 heavy (non-hydrogen) atoms. The second-order valence-electron chi connectivity index (χ2n) is 3.78. The van der Waals surface area contributed by atoms with E-state index in [1.54, 1.807) is 7.11 Å². The van der Waals surface area contributed by atoms with Gasteiger partial charge in [-0.3, -0.25) is 4.79 Å². The van der Waals surface area contributed by atoms with Crippen molar-refractivity contribution in [1.82, 2.24) is 0 Å². The largest absolute Gasteiger partial charge is 0.469 e. The summed E-state index contributed by atoms with van der Waals surface area (Å²) in [6.07, 6.45) is 0.572. The van der Waals surface area contributed by atoms with Crippen LogP contribution in [-0.2, 0) is 20.7 Å². The van der Waals surface area contributed by atoms with E-state index in [1.807, 2.05) is 37.3 Å². The summed E-state index contributed by atoms with van der Waals surface area (Å²) < 4.78 is 10.1. The molecule has 0 aromatic heterocycles. The Morgan fingerprint density at radius 2 is 1.88 bits per heavy atom. The highest BCUT2D eigenvalue weighted by Gasteiger charge is 2.24. The lowest BCUT2D eigenvalue weighted by molar-refractivity contribution is -0.149. The molecule has 0 fully saturated rings. The summed E-state index contributed by atoms with van der Waals surface area (Å²) >= 11 is 0. The molecule has 1 rings (SSSR count). The summed E-state index contributed by atoms with van der Waals surface area (Å²) in [5, 5.41) is 0. The third-order valence-electron chi connectivity index (χ3n) is 2.71. The summed E-state index contributed by atoms with van der Waals surface area (Å²) in [6, 6.07) is 9.97. The molecule has 88 valence electrons. The van der Waals surface area contributed by atoms with Crippen LogP contribution in [0, 0.1) is 5.92 Å². The standard InChI is InChI=1S/C13H18O3/c1-10(13(14)16-3)12(15-2)9-11-7-5-4-6-8-11/h4-8,10,12H,9H2,1-3H3/t10-,12+/m1/s1. The maximum absolute atomic E-state index is 11.4. The SMILES string of the molecule is COC(=O)[C@H](C)[C@H](Cc1ccccc1)OC. The van der Waals surface area contributed by atoms with Crippen molar-refractivity contribution >= 4 is 5.97 Å². The lowest BCUT2D eigenvalue weighted by atomic mass is 9.97. The molecule has 2 atom stereocenters. The highest BCUT2D eigenvalue weighted by atomic mass is 16.5. The molecule has 0 aliphatic heterocycles. The van der Waals surface area contributed by atoms with Crippen molar-refractivity contribution in [2.24, 2.45) is 5.92 Å². The maximum Gasteiger partial charge on any atom is 0.311 e. The van der Waals surface area contributed by atoms with Crippen molar-refractivity contribution in [3.05, 3.63) is 35.9 Å². The average molecular weight is 222 g/mol. The molecule has 0 spiro atoms. The zero-order valence-corrected chi connectivity index (χ0v) is 9.97. The maximum atomic E-state index is 11.4. The normalized spacial score (nSPS) is 14.2. The summed E-state index contributed by atoms with van der Waals surface area (Å²) in [5.74, 6) is -0.488. The van der Waals surface area contributed by atoms with Gasteiger partial charge in [0.25, 0.3) is 0 Å². The number of methoxy groups -OCH3 is 2. The molecule has 1 aromatic rings. The fraction of sp³-hybridized carbons (Fsp3) is 0.462. The lowest BCUT2D eigenvalue weighted by Crippen LogP contribution is -2.30. The van der Waals surface area contributed by atoms with Crippen molar-refractivity contribution in [2.45, 2.75) is 19.4 Å². The lowest BCUT2D eigenvalue weighted by Gasteiger charge is -2.20. The van der Waals surface area contributed by atoms with Crippen LogP contribution in [0.3, 0.4) is 0 Å². The average Bonchev–Trinajstić information content (AvgIpc) is 2.35. The quantitative estimate of drug-likeness (QED) is 0.715. The Morgan fingerprint density at radius 1 is 1.25 bits per heavy atom. The molecule has 0 saturated carbocycles. The van der Waals surface area contributed by atoms with Crippen molar-refractivity contribution in [3.8, 4) is 0 Å². The fourth-order valence-electron chi connectivity index (χ4n) is 1.65. The predicted molar refractivity (Wildman–Crippen MR) is 62.1 cm³/mol. The monoisotopic (exact) mass is 222 g/mol. The van der Waals surface area contributed by atoms with E-state index < -0.39 is 0 Å². The van der Waals surface area contributed by atoms with Crippen molar-refractivity contribution in [3.63, 3.8) is 0 Å². The van der Waals surface area contributed by atoms with Gasteiger partial charge >= 0.3 is 5.97 Å². The molecular weight excluding hydrogens is 204 g/mol. The van der Waals surface area contributed by atoms with Crippen LogP contribution in [-0.4, -0.2) is 26.3 Å². The summed E-state index contributed by atoms with van der Waals surface area (Å²) in [5.41, 5.74) is 1.16. The summed E-state index contributed by atoms with van der Waals surface area (Å²) in [6.45, 7) is 1.82. The van der Waals surface area contributed by atoms with Crippen LogP contribution in [0.15, 0.2) is 30.3 Å². The van der Waals surface area contributed by atoms with Crippen LogP contribution in [0.4, 0.5) is 0 Å².